The largest absolute Gasteiger partial charge is 0.361 e. The van der Waals surface area contributed by atoms with Gasteiger partial charge in [0, 0.05) is 5.41 Å². The average Bonchev–Trinajstić information content (AvgIpc) is 3.24. The lowest BCUT2D eigenvalue weighted by Crippen LogP contribution is -2.32. The molecule has 1 saturated heterocycles. The summed E-state index contributed by atoms with van der Waals surface area (Å²) in [7, 11) is -7.56. The van der Waals surface area contributed by atoms with Crippen LogP contribution in [0.2, 0.25) is 0 Å². The molecular formula is C19H16O5S2. The van der Waals surface area contributed by atoms with Crippen LogP contribution in [0.4, 0.5) is 0 Å². The molecule has 0 spiro atoms. The maximum absolute atomic E-state index is 13.1. The Morgan fingerprint density at radius 1 is 0.769 bits per heavy atom. The molecule has 0 amide bonds. The Labute approximate surface area is 152 Å². The predicted molar refractivity (Wildman–Crippen MR) is 96.9 cm³/mol. The first-order chi connectivity index (χ1) is 12.4. The van der Waals surface area contributed by atoms with Gasteiger partial charge in [-0.1, -0.05) is 48.6 Å². The second-order valence-electron chi connectivity index (χ2n) is 6.16. The summed E-state index contributed by atoms with van der Waals surface area (Å²) in [5.41, 5.74) is 0.255. The van der Waals surface area contributed by atoms with Gasteiger partial charge in [-0.15, -0.1) is 0 Å². The van der Waals surface area contributed by atoms with E-state index < -0.39 is 37.1 Å². The van der Waals surface area contributed by atoms with Gasteiger partial charge in [0.2, 0.25) is 0 Å². The van der Waals surface area contributed by atoms with Crippen LogP contribution in [0.25, 0.3) is 0 Å². The molecule has 2 heterocycles. The molecule has 2 aliphatic heterocycles. The quantitative estimate of drug-likeness (QED) is 0.752. The number of sulfone groups is 2. The Kier molecular flexibility index (Phi) is 4.10. The summed E-state index contributed by atoms with van der Waals surface area (Å²) in [5.74, 6) is 0. The molecule has 7 heteroatoms. The van der Waals surface area contributed by atoms with Crippen LogP contribution in [0.15, 0.2) is 93.6 Å². The van der Waals surface area contributed by atoms with Gasteiger partial charge in [-0.2, -0.15) is 0 Å². The maximum Gasteiger partial charge on any atom is 0.199 e. The molecule has 5 nitrogen and oxygen atoms in total. The van der Waals surface area contributed by atoms with E-state index in [0.29, 0.717) is 0 Å². The van der Waals surface area contributed by atoms with E-state index in [1.54, 1.807) is 48.6 Å². The third kappa shape index (κ3) is 2.82. The van der Waals surface area contributed by atoms with Gasteiger partial charge < -0.3 is 4.74 Å². The van der Waals surface area contributed by atoms with Crippen molar-refractivity contribution in [1.82, 2.24) is 0 Å². The molecule has 4 rings (SSSR count). The van der Waals surface area contributed by atoms with E-state index in [9.17, 15) is 16.8 Å². The summed E-state index contributed by atoms with van der Waals surface area (Å²) >= 11 is 0. The molecule has 2 aliphatic rings. The van der Waals surface area contributed by atoms with E-state index in [1.165, 1.54) is 24.3 Å². The SMILES string of the molecule is O=S(=O)(/C=C1/[C@@H]2C=C[C@@H](O2)[C@@H]1S(=O)(=O)c1ccccc1)c1ccccc1. The molecule has 2 aromatic carbocycles. The van der Waals surface area contributed by atoms with Crippen LogP contribution in [-0.4, -0.2) is 34.3 Å². The fraction of sp³-hybridized carbons (Fsp3) is 0.158. The first kappa shape index (κ1) is 17.2. The monoisotopic (exact) mass is 388 g/mol. The number of ether oxygens (including phenoxy) is 1. The summed E-state index contributed by atoms with van der Waals surface area (Å²) in [4.78, 5) is 0.271. The Balaban J connectivity index is 1.82. The van der Waals surface area contributed by atoms with Crippen molar-refractivity contribution in [3.05, 3.63) is 83.8 Å². The summed E-state index contributed by atoms with van der Waals surface area (Å²) in [6.07, 6.45) is 2.07. The zero-order valence-corrected chi connectivity index (χ0v) is 15.2. The van der Waals surface area contributed by atoms with Gasteiger partial charge in [0.1, 0.15) is 5.25 Å². The minimum absolute atomic E-state index is 0.120. The van der Waals surface area contributed by atoms with E-state index in [-0.39, 0.29) is 15.4 Å². The van der Waals surface area contributed by atoms with Gasteiger partial charge in [-0.05, 0) is 29.8 Å². The van der Waals surface area contributed by atoms with Gasteiger partial charge in [-0.3, -0.25) is 0 Å². The Morgan fingerprint density at radius 2 is 1.35 bits per heavy atom. The standard InChI is InChI=1S/C19H16O5S2/c20-25(21,14-7-3-1-4-8-14)13-16-17-11-12-18(24-17)19(16)26(22,23)15-9-5-2-6-10-15/h1-13,17-19H/b16-13-/t17-,18+,19+/m0/s1. The van der Waals surface area contributed by atoms with Crippen molar-refractivity contribution in [1.29, 1.82) is 0 Å². The molecule has 0 unspecified atom stereocenters. The summed E-state index contributed by atoms with van der Waals surface area (Å²) in [6, 6.07) is 16.0. The van der Waals surface area contributed by atoms with Crippen molar-refractivity contribution < 1.29 is 21.6 Å². The van der Waals surface area contributed by atoms with Crippen LogP contribution < -0.4 is 0 Å². The van der Waals surface area contributed by atoms with Crippen LogP contribution in [0, 0.1) is 0 Å². The molecular weight excluding hydrogens is 372 g/mol. The zero-order chi connectivity index (χ0) is 18.4. The maximum atomic E-state index is 13.1. The van der Waals surface area contributed by atoms with Crippen LogP contribution in [-0.2, 0) is 24.4 Å². The molecule has 2 bridgehead atoms. The molecule has 0 saturated carbocycles. The zero-order valence-electron chi connectivity index (χ0n) is 13.6. The highest BCUT2D eigenvalue weighted by Gasteiger charge is 2.49. The Hall–Kier alpha value is -2.22. The first-order valence-electron chi connectivity index (χ1n) is 8.04. The van der Waals surface area contributed by atoms with Crippen molar-refractivity contribution in [3.63, 3.8) is 0 Å². The number of benzene rings is 2. The van der Waals surface area contributed by atoms with E-state index in [2.05, 4.69) is 0 Å². The van der Waals surface area contributed by atoms with E-state index >= 15 is 0 Å². The number of hydrogen-bond donors (Lipinski definition) is 0. The van der Waals surface area contributed by atoms with Gasteiger partial charge in [0.15, 0.2) is 19.7 Å². The molecule has 0 radical (unpaired) electrons. The van der Waals surface area contributed by atoms with Crippen molar-refractivity contribution >= 4 is 19.7 Å². The third-order valence-electron chi connectivity index (χ3n) is 4.50. The molecule has 2 aromatic rings. The van der Waals surface area contributed by atoms with Crippen molar-refractivity contribution in [2.24, 2.45) is 0 Å². The lowest BCUT2D eigenvalue weighted by atomic mass is 10.0. The summed E-state index contributed by atoms with van der Waals surface area (Å²) < 4.78 is 57.3. The molecule has 26 heavy (non-hydrogen) atoms. The van der Waals surface area contributed by atoms with Crippen LogP contribution >= 0.6 is 0 Å². The number of fused-ring (bicyclic) bond motifs is 2. The van der Waals surface area contributed by atoms with Crippen LogP contribution in [0.3, 0.4) is 0 Å². The lowest BCUT2D eigenvalue weighted by molar-refractivity contribution is 0.128. The van der Waals surface area contributed by atoms with Crippen LogP contribution in [0.1, 0.15) is 0 Å². The van der Waals surface area contributed by atoms with Crippen LogP contribution in [0.5, 0.6) is 0 Å². The Morgan fingerprint density at radius 3 is 1.96 bits per heavy atom. The highest BCUT2D eigenvalue weighted by molar-refractivity contribution is 7.94. The predicted octanol–water partition coefficient (Wildman–Crippen LogP) is 2.52. The average molecular weight is 388 g/mol. The summed E-state index contributed by atoms with van der Waals surface area (Å²) in [5, 5.41) is 0.0140. The first-order valence-corrected chi connectivity index (χ1v) is 11.1. The highest BCUT2D eigenvalue weighted by atomic mass is 32.2. The van der Waals surface area contributed by atoms with Gasteiger partial charge >= 0.3 is 0 Å². The van der Waals surface area contributed by atoms with Crippen molar-refractivity contribution in [2.75, 3.05) is 0 Å². The molecule has 0 aliphatic carbocycles. The van der Waals surface area contributed by atoms with E-state index in [0.717, 1.165) is 5.41 Å². The molecule has 134 valence electrons. The van der Waals surface area contributed by atoms with Gasteiger partial charge in [0.05, 0.1) is 22.0 Å². The Bertz CT molecular complexity index is 1090. The van der Waals surface area contributed by atoms with Crippen molar-refractivity contribution in [2.45, 2.75) is 27.2 Å². The second kappa shape index (κ2) is 6.19. The summed E-state index contributed by atoms with van der Waals surface area (Å²) in [6.45, 7) is 0. The third-order valence-corrected chi connectivity index (χ3v) is 8.15. The smallest absolute Gasteiger partial charge is 0.199 e. The lowest BCUT2D eigenvalue weighted by Gasteiger charge is -2.19. The fourth-order valence-corrected chi connectivity index (χ4v) is 6.58. The number of hydrogen-bond acceptors (Lipinski definition) is 5. The number of rotatable bonds is 4. The molecule has 0 N–H and O–H groups in total. The van der Waals surface area contributed by atoms with Gasteiger partial charge in [-0.25, -0.2) is 16.8 Å². The molecule has 1 fully saturated rings. The minimum atomic E-state index is -3.78. The fourth-order valence-electron chi connectivity index (χ4n) is 3.29. The minimum Gasteiger partial charge on any atom is -0.361 e. The topological polar surface area (TPSA) is 77.5 Å². The molecule has 0 aromatic heterocycles. The second-order valence-corrected chi connectivity index (χ2v) is 10.0. The van der Waals surface area contributed by atoms with E-state index in [1.807, 2.05) is 0 Å². The van der Waals surface area contributed by atoms with E-state index in [4.69, 9.17) is 4.74 Å². The molecule has 3 atom stereocenters. The highest BCUT2D eigenvalue weighted by Crippen LogP contribution is 2.41. The van der Waals surface area contributed by atoms with Crippen molar-refractivity contribution in [3.8, 4) is 0 Å². The van der Waals surface area contributed by atoms with Gasteiger partial charge in [0.25, 0.3) is 0 Å². The normalized spacial score (nSPS) is 26.5.